The summed E-state index contributed by atoms with van der Waals surface area (Å²) in [4.78, 5) is 6.13. The number of anilines is 1. The van der Waals surface area contributed by atoms with Gasteiger partial charge in [-0.2, -0.15) is 0 Å². The third kappa shape index (κ3) is 3.04. The summed E-state index contributed by atoms with van der Waals surface area (Å²) in [6, 6.07) is 5.52. The molecule has 84 valence electrons. The van der Waals surface area contributed by atoms with Crippen molar-refractivity contribution in [2.75, 3.05) is 5.73 Å². The predicted octanol–water partition coefficient (Wildman–Crippen LogP) is 4.32. The summed E-state index contributed by atoms with van der Waals surface area (Å²) in [6.45, 7) is 0. The Kier molecular flexibility index (Phi) is 3.97. The van der Waals surface area contributed by atoms with Crippen molar-refractivity contribution in [1.82, 2.24) is 4.98 Å². The highest BCUT2D eigenvalue weighted by Crippen LogP contribution is 2.32. The molecular formula is C10H8Cl2N2S2. The van der Waals surface area contributed by atoms with Crippen LogP contribution in [0.4, 0.5) is 5.69 Å². The van der Waals surface area contributed by atoms with E-state index in [-0.39, 0.29) is 0 Å². The third-order valence-electron chi connectivity index (χ3n) is 1.85. The first kappa shape index (κ1) is 12.0. The van der Waals surface area contributed by atoms with Crippen molar-refractivity contribution in [3.8, 4) is 0 Å². The number of hydrogen-bond acceptors (Lipinski definition) is 4. The molecule has 0 aliphatic heterocycles. The summed E-state index contributed by atoms with van der Waals surface area (Å²) in [7, 11) is 0. The van der Waals surface area contributed by atoms with E-state index in [1.165, 1.54) is 11.3 Å². The molecule has 1 heterocycles. The lowest BCUT2D eigenvalue weighted by atomic mass is 10.3. The van der Waals surface area contributed by atoms with E-state index in [1.807, 2.05) is 12.1 Å². The van der Waals surface area contributed by atoms with E-state index in [0.29, 0.717) is 15.2 Å². The van der Waals surface area contributed by atoms with Gasteiger partial charge in [-0.3, -0.25) is 0 Å². The fraction of sp³-hybridized carbons (Fsp3) is 0.100. The first-order valence-electron chi connectivity index (χ1n) is 4.43. The van der Waals surface area contributed by atoms with Crippen molar-refractivity contribution in [3.05, 3.63) is 38.8 Å². The maximum absolute atomic E-state index is 6.06. The predicted molar refractivity (Wildman–Crippen MR) is 72.5 cm³/mol. The lowest BCUT2D eigenvalue weighted by Gasteiger charge is -2.03. The average Bonchev–Trinajstić information content (AvgIpc) is 2.63. The zero-order valence-corrected chi connectivity index (χ0v) is 11.3. The number of nitrogen functional groups attached to an aromatic ring is 1. The molecule has 0 unspecified atom stereocenters. The Morgan fingerprint density at radius 2 is 2.19 bits per heavy atom. The molecule has 0 saturated carbocycles. The van der Waals surface area contributed by atoms with Crippen molar-refractivity contribution in [3.63, 3.8) is 0 Å². The first-order chi connectivity index (χ1) is 7.65. The number of nitrogens with zero attached hydrogens (tertiary/aromatic N) is 1. The van der Waals surface area contributed by atoms with Crippen LogP contribution >= 0.6 is 46.3 Å². The molecule has 0 amide bonds. The first-order valence-corrected chi connectivity index (χ1v) is 6.99. The van der Waals surface area contributed by atoms with E-state index in [1.54, 1.807) is 24.0 Å². The summed E-state index contributed by atoms with van der Waals surface area (Å²) in [5.74, 6) is 0.814. The number of thioether (sulfide) groups is 1. The standard InChI is InChI=1S/C10H8Cl2N2S2/c11-8-3-6(13)1-2-9(8)15-5-7-4-14-10(12)16-7/h1-4H,5,13H2. The second-order valence-corrected chi connectivity index (χ2v) is 6.18. The van der Waals surface area contributed by atoms with E-state index in [4.69, 9.17) is 28.9 Å². The highest BCUT2D eigenvalue weighted by molar-refractivity contribution is 7.98. The fourth-order valence-corrected chi connectivity index (χ4v) is 3.41. The van der Waals surface area contributed by atoms with Gasteiger partial charge in [0, 0.05) is 27.4 Å². The Balaban J connectivity index is 2.04. The van der Waals surface area contributed by atoms with Crippen LogP contribution in [0, 0.1) is 0 Å². The fourth-order valence-electron chi connectivity index (χ4n) is 1.13. The molecular weight excluding hydrogens is 283 g/mol. The second-order valence-electron chi connectivity index (χ2n) is 3.06. The summed E-state index contributed by atoms with van der Waals surface area (Å²) < 4.78 is 0.569. The van der Waals surface area contributed by atoms with Gasteiger partial charge in [0.15, 0.2) is 4.47 Å². The van der Waals surface area contributed by atoms with Gasteiger partial charge in [-0.25, -0.2) is 4.98 Å². The maximum atomic E-state index is 6.06. The molecule has 1 aromatic carbocycles. The van der Waals surface area contributed by atoms with Gasteiger partial charge in [0.25, 0.3) is 0 Å². The van der Waals surface area contributed by atoms with Crippen molar-refractivity contribution in [2.24, 2.45) is 0 Å². The van der Waals surface area contributed by atoms with Crippen LogP contribution in [0.3, 0.4) is 0 Å². The SMILES string of the molecule is Nc1ccc(SCc2cnc(Cl)s2)c(Cl)c1. The molecule has 16 heavy (non-hydrogen) atoms. The number of rotatable bonds is 3. The van der Waals surface area contributed by atoms with Crippen LogP contribution in [0.15, 0.2) is 29.3 Å². The van der Waals surface area contributed by atoms with E-state index in [2.05, 4.69) is 4.98 Å². The minimum atomic E-state index is 0.569. The van der Waals surface area contributed by atoms with Crippen molar-refractivity contribution in [2.45, 2.75) is 10.6 Å². The van der Waals surface area contributed by atoms with E-state index < -0.39 is 0 Å². The highest BCUT2D eigenvalue weighted by atomic mass is 35.5. The maximum Gasteiger partial charge on any atom is 0.183 e. The van der Waals surface area contributed by atoms with Crippen molar-refractivity contribution < 1.29 is 0 Å². The molecule has 2 N–H and O–H groups in total. The van der Waals surface area contributed by atoms with Crippen LogP contribution < -0.4 is 5.73 Å². The Morgan fingerprint density at radius 1 is 1.38 bits per heavy atom. The molecule has 2 nitrogen and oxygen atoms in total. The van der Waals surface area contributed by atoms with Crippen LogP contribution in [0.5, 0.6) is 0 Å². The molecule has 0 atom stereocenters. The molecule has 1 aromatic heterocycles. The van der Waals surface area contributed by atoms with E-state index in [0.717, 1.165) is 15.5 Å². The highest BCUT2D eigenvalue weighted by Gasteiger charge is 2.04. The number of hydrogen-bond donors (Lipinski definition) is 1. The Morgan fingerprint density at radius 3 is 2.81 bits per heavy atom. The van der Waals surface area contributed by atoms with Gasteiger partial charge in [0.05, 0.1) is 5.02 Å². The van der Waals surface area contributed by atoms with Gasteiger partial charge < -0.3 is 5.73 Å². The molecule has 6 heteroatoms. The van der Waals surface area contributed by atoms with Gasteiger partial charge in [-0.1, -0.05) is 23.2 Å². The molecule has 0 bridgehead atoms. The topological polar surface area (TPSA) is 38.9 Å². The zero-order valence-electron chi connectivity index (χ0n) is 8.11. The average molecular weight is 291 g/mol. The summed E-state index contributed by atoms with van der Waals surface area (Å²) in [5, 5.41) is 0.681. The Bertz CT molecular complexity index is 499. The summed E-state index contributed by atoms with van der Waals surface area (Å²) in [5.41, 5.74) is 6.30. The number of halogens is 2. The molecule has 2 rings (SSSR count). The Labute approximate surface area is 112 Å². The van der Waals surface area contributed by atoms with Crippen molar-refractivity contribution in [1.29, 1.82) is 0 Å². The largest absolute Gasteiger partial charge is 0.399 e. The van der Waals surface area contributed by atoms with Gasteiger partial charge in [0.1, 0.15) is 0 Å². The summed E-state index contributed by atoms with van der Waals surface area (Å²) in [6.07, 6.45) is 1.78. The van der Waals surface area contributed by atoms with Gasteiger partial charge in [-0.15, -0.1) is 23.1 Å². The van der Waals surface area contributed by atoms with Crippen LogP contribution in [0.2, 0.25) is 9.49 Å². The third-order valence-corrected chi connectivity index (χ3v) is 4.70. The molecule has 0 aliphatic rings. The number of benzene rings is 1. The van der Waals surface area contributed by atoms with E-state index in [9.17, 15) is 0 Å². The lowest BCUT2D eigenvalue weighted by Crippen LogP contribution is -1.84. The minimum Gasteiger partial charge on any atom is -0.399 e. The lowest BCUT2D eigenvalue weighted by molar-refractivity contribution is 1.36. The molecule has 0 aliphatic carbocycles. The molecule has 0 spiro atoms. The van der Waals surface area contributed by atoms with Crippen LogP contribution in [-0.4, -0.2) is 4.98 Å². The summed E-state index contributed by atoms with van der Waals surface area (Å²) >= 11 is 14.9. The number of nitrogens with two attached hydrogens (primary N) is 1. The van der Waals surface area contributed by atoms with Gasteiger partial charge >= 0.3 is 0 Å². The normalized spacial score (nSPS) is 10.6. The van der Waals surface area contributed by atoms with E-state index >= 15 is 0 Å². The minimum absolute atomic E-state index is 0.569. The number of thiazole rings is 1. The quantitative estimate of drug-likeness (QED) is 0.676. The molecule has 0 radical (unpaired) electrons. The molecule has 2 aromatic rings. The molecule has 0 saturated heterocycles. The van der Waals surface area contributed by atoms with Crippen LogP contribution in [-0.2, 0) is 5.75 Å². The van der Waals surface area contributed by atoms with Gasteiger partial charge in [-0.05, 0) is 18.2 Å². The van der Waals surface area contributed by atoms with Gasteiger partial charge in [0.2, 0.25) is 0 Å². The Hall–Kier alpha value is -0.420. The van der Waals surface area contributed by atoms with Crippen LogP contribution in [0.25, 0.3) is 0 Å². The smallest absolute Gasteiger partial charge is 0.183 e. The number of aromatic nitrogens is 1. The molecule has 0 fully saturated rings. The monoisotopic (exact) mass is 290 g/mol. The van der Waals surface area contributed by atoms with Crippen molar-refractivity contribution >= 4 is 52.0 Å². The van der Waals surface area contributed by atoms with Crippen LogP contribution in [0.1, 0.15) is 4.88 Å². The second kappa shape index (κ2) is 5.27. The zero-order chi connectivity index (χ0) is 11.5.